The number of rotatable bonds is 8. The van der Waals surface area contributed by atoms with Crippen LogP contribution in [0, 0.1) is 0 Å². The van der Waals surface area contributed by atoms with Crippen LogP contribution in [-0.2, 0) is 19.5 Å². The Kier molecular flexibility index (Phi) is 6.50. The highest BCUT2D eigenvalue weighted by Gasteiger charge is 2.22. The van der Waals surface area contributed by atoms with Crippen LogP contribution in [-0.4, -0.2) is 35.1 Å². The molecule has 0 spiro atoms. The fourth-order valence-electron chi connectivity index (χ4n) is 4.20. The summed E-state index contributed by atoms with van der Waals surface area (Å²) in [6.45, 7) is 5.02. The Bertz CT molecular complexity index is 1010. The number of furan rings is 1. The van der Waals surface area contributed by atoms with Gasteiger partial charge in [0.1, 0.15) is 11.3 Å². The topological polar surface area (TPSA) is 65.7 Å². The third kappa shape index (κ3) is 4.58. The molecular formula is C25H30N2O3. The van der Waals surface area contributed by atoms with Crippen LogP contribution in [0.15, 0.2) is 52.9 Å². The molecule has 158 valence electrons. The number of carbonyl (C=O) groups excluding carboxylic acids is 1. The lowest BCUT2D eigenvalue weighted by Gasteiger charge is -2.18. The predicted molar refractivity (Wildman–Crippen MR) is 118 cm³/mol. The fraction of sp³-hybridized carbons (Fsp3) is 0.400. The van der Waals surface area contributed by atoms with E-state index >= 15 is 0 Å². The number of amides is 1. The zero-order valence-electron chi connectivity index (χ0n) is 17.6. The van der Waals surface area contributed by atoms with Crippen LogP contribution in [0.1, 0.15) is 53.4 Å². The van der Waals surface area contributed by atoms with Gasteiger partial charge in [-0.15, -0.1) is 0 Å². The van der Waals surface area contributed by atoms with Gasteiger partial charge in [0.25, 0.3) is 5.91 Å². The molecule has 2 aromatic carbocycles. The highest BCUT2D eigenvalue weighted by atomic mass is 16.3. The summed E-state index contributed by atoms with van der Waals surface area (Å²) in [7, 11) is 0. The molecule has 2 N–H and O–H groups in total. The fourth-order valence-corrected chi connectivity index (χ4v) is 4.20. The maximum absolute atomic E-state index is 13.2. The molecule has 1 fully saturated rings. The van der Waals surface area contributed by atoms with Crippen LogP contribution in [0.3, 0.4) is 0 Å². The number of fused-ring (bicyclic) bond motifs is 1. The van der Waals surface area contributed by atoms with Crippen LogP contribution >= 0.6 is 0 Å². The van der Waals surface area contributed by atoms with Crippen molar-refractivity contribution in [3.05, 3.63) is 71.0 Å². The molecule has 0 aliphatic carbocycles. The number of likely N-dealkylation sites (tertiary alicyclic amines) is 1. The number of nitrogens with zero attached hydrogens (tertiary/aromatic N) is 1. The van der Waals surface area contributed by atoms with Crippen molar-refractivity contribution >= 4 is 16.9 Å². The summed E-state index contributed by atoms with van der Waals surface area (Å²) in [5.41, 5.74) is 3.73. The molecule has 1 unspecified atom stereocenters. The molecule has 4 rings (SSSR count). The van der Waals surface area contributed by atoms with Crippen LogP contribution in [0.25, 0.3) is 11.0 Å². The molecule has 1 amide bonds. The Morgan fingerprint density at radius 1 is 1.17 bits per heavy atom. The molecule has 0 saturated carbocycles. The standard InChI is InChI=1S/C25H30N2O3/c1-2-3-11-23-24(21-10-6-7-12-22(21)30-23)25(29)26-15-18-8-4-5-9-19(18)16-27-14-13-20(28)17-27/h4-10,12,20,28H,2-3,11,13-17H2,1H3,(H,26,29). The Labute approximate surface area is 177 Å². The number of carbonyl (C=O) groups is 1. The number of hydrogen-bond acceptors (Lipinski definition) is 4. The summed E-state index contributed by atoms with van der Waals surface area (Å²) in [5.74, 6) is 0.687. The van der Waals surface area contributed by atoms with Crippen molar-refractivity contribution in [3.63, 3.8) is 0 Å². The van der Waals surface area contributed by atoms with E-state index in [4.69, 9.17) is 4.42 Å². The Hall–Kier alpha value is -2.63. The number of unbranched alkanes of at least 4 members (excludes halogenated alkanes) is 1. The minimum Gasteiger partial charge on any atom is -0.460 e. The number of hydrogen-bond donors (Lipinski definition) is 2. The van der Waals surface area contributed by atoms with Gasteiger partial charge in [0.05, 0.1) is 11.7 Å². The zero-order valence-corrected chi connectivity index (χ0v) is 17.6. The predicted octanol–water partition coefficient (Wildman–Crippen LogP) is 4.27. The Morgan fingerprint density at radius 3 is 2.70 bits per heavy atom. The molecule has 0 radical (unpaired) electrons. The third-order valence-electron chi connectivity index (χ3n) is 5.85. The first-order chi connectivity index (χ1) is 14.7. The maximum Gasteiger partial charge on any atom is 0.255 e. The second-order valence-electron chi connectivity index (χ2n) is 8.13. The van der Waals surface area contributed by atoms with E-state index in [0.29, 0.717) is 18.7 Å². The minimum absolute atomic E-state index is 0.0857. The molecular weight excluding hydrogens is 376 g/mol. The molecule has 5 nitrogen and oxygen atoms in total. The highest BCUT2D eigenvalue weighted by molar-refractivity contribution is 6.07. The SMILES string of the molecule is CCCCc1oc2ccccc2c1C(=O)NCc1ccccc1CN1CCC(O)C1. The normalized spacial score (nSPS) is 16.9. The van der Waals surface area contributed by atoms with Gasteiger partial charge in [-0.05, 0) is 30.0 Å². The van der Waals surface area contributed by atoms with E-state index in [2.05, 4.69) is 29.3 Å². The highest BCUT2D eigenvalue weighted by Crippen LogP contribution is 2.27. The second-order valence-corrected chi connectivity index (χ2v) is 8.13. The van der Waals surface area contributed by atoms with Crippen molar-refractivity contribution in [2.45, 2.75) is 51.8 Å². The van der Waals surface area contributed by atoms with E-state index in [-0.39, 0.29) is 12.0 Å². The lowest BCUT2D eigenvalue weighted by Crippen LogP contribution is -2.26. The zero-order chi connectivity index (χ0) is 20.9. The van der Waals surface area contributed by atoms with Crippen molar-refractivity contribution in [2.75, 3.05) is 13.1 Å². The number of aliphatic hydroxyl groups is 1. The quantitative estimate of drug-likeness (QED) is 0.586. The van der Waals surface area contributed by atoms with Gasteiger partial charge >= 0.3 is 0 Å². The summed E-state index contributed by atoms with van der Waals surface area (Å²) in [4.78, 5) is 15.4. The van der Waals surface area contributed by atoms with E-state index < -0.39 is 0 Å². The van der Waals surface area contributed by atoms with E-state index in [1.807, 2.05) is 36.4 Å². The molecule has 30 heavy (non-hydrogen) atoms. The smallest absolute Gasteiger partial charge is 0.255 e. The van der Waals surface area contributed by atoms with E-state index in [1.54, 1.807) is 0 Å². The van der Waals surface area contributed by atoms with Gasteiger partial charge in [0, 0.05) is 38.0 Å². The number of β-amino-alcohol motifs (C(OH)–C–C–N with tert-alkyl or cyclic N) is 1. The first kappa shape index (κ1) is 20.6. The Morgan fingerprint density at radius 2 is 1.93 bits per heavy atom. The number of aryl methyl sites for hydroxylation is 1. The lowest BCUT2D eigenvalue weighted by molar-refractivity contribution is 0.0950. The van der Waals surface area contributed by atoms with Gasteiger partial charge in [-0.1, -0.05) is 55.8 Å². The van der Waals surface area contributed by atoms with Crippen LogP contribution in [0.2, 0.25) is 0 Å². The molecule has 1 saturated heterocycles. The maximum atomic E-state index is 13.2. The minimum atomic E-state index is -0.229. The van der Waals surface area contributed by atoms with Gasteiger partial charge in [-0.25, -0.2) is 0 Å². The summed E-state index contributed by atoms with van der Waals surface area (Å²) in [6, 6.07) is 15.9. The molecule has 3 aromatic rings. The first-order valence-corrected chi connectivity index (χ1v) is 10.9. The summed E-state index contributed by atoms with van der Waals surface area (Å²) in [5, 5.41) is 13.8. The average molecular weight is 407 g/mol. The van der Waals surface area contributed by atoms with Crippen LogP contribution in [0.4, 0.5) is 0 Å². The summed E-state index contributed by atoms with van der Waals surface area (Å²) < 4.78 is 6.01. The molecule has 0 bridgehead atoms. The van der Waals surface area contributed by atoms with E-state index in [0.717, 1.165) is 61.1 Å². The van der Waals surface area contributed by atoms with Crippen molar-refractivity contribution in [1.29, 1.82) is 0 Å². The van der Waals surface area contributed by atoms with E-state index in [9.17, 15) is 9.90 Å². The van der Waals surface area contributed by atoms with Gasteiger partial charge in [-0.3, -0.25) is 9.69 Å². The van der Waals surface area contributed by atoms with Crippen LogP contribution in [0.5, 0.6) is 0 Å². The molecule has 1 aliphatic heterocycles. The number of nitrogens with one attached hydrogen (secondary N) is 1. The van der Waals surface area contributed by atoms with Crippen molar-refractivity contribution in [2.24, 2.45) is 0 Å². The average Bonchev–Trinajstić information content (AvgIpc) is 3.34. The molecule has 1 atom stereocenters. The third-order valence-corrected chi connectivity index (χ3v) is 5.85. The largest absolute Gasteiger partial charge is 0.460 e. The van der Waals surface area contributed by atoms with Gasteiger partial charge < -0.3 is 14.8 Å². The molecule has 5 heteroatoms. The lowest BCUT2D eigenvalue weighted by atomic mass is 10.0. The van der Waals surface area contributed by atoms with Gasteiger partial charge in [0.2, 0.25) is 0 Å². The Balaban J connectivity index is 1.50. The monoisotopic (exact) mass is 406 g/mol. The van der Waals surface area contributed by atoms with Crippen molar-refractivity contribution < 1.29 is 14.3 Å². The van der Waals surface area contributed by atoms with Gasteiger partial charge in [-0.2, -0.15) is 0 Å². The first-order valence-electron chi connectivity index (χ1n) is 10.9. The van der Waals surface area contributed by atoms with Gasteiger partial charge in [0.15, 0.2) is 0 Å². The van der Waals surface area contributed by atoms with Crippen LogP contribution < -0.4 is 5.32 Å². The summed E-state index contributed by atoms with van der Waals surface area (Å²) in [6.07, 6.45) is 3.41. The van der Waals surface area contributed by atoms with Crippen molar-refractivity contribution in [3.8, 4) is 0 Å². The second kappa shape index (κ2) is 9.45. The number of para-hydroxylation sites is 1. The summed E-state index contributed by atoms with van der Waals surface area (Å²) >= 11 is 0. The van der Waals surface area contributed by atoms with Crippen molar-refractivity contribution in [1.82, 2.24) is 10.2 Å². The molecule has 1 aliphatic rings. The molecule has 2 heterocycles. The number of aliphatic hydroxyl groups excluding tert-OH is 1. The van der Waals surface area contributed by atoms with E-state index in [1.165, 1.54) is 5.56 Å². The molecule has 1 aromatic heterocycles. The number of benzene rings is 2.